The van der Waals surface area contributed by atoms with E-state index in [4.69, 9.17) is 0 Å². The highest BCUT2D eigenvalue weighted by Gasteiger charge is 2.60. The minimum absolute atomic E-state index is 0.0416. The number of aliphatic hydroxyl groups is 1. The lowest BCUT2D eigenvalue weighted by molar-refractivity contribution is -0.355. The van der Waals surface area contributed by atoms with Gasteiger partial charge in [0.15, 0.2) is 0 Å². The van der Waals surface area contributed by atoms with Gasteiger partial charge in [0.1, 0.15) is 5.82 Å². The Kier molecular flexibility index (Phi) is 5.17. The van der Waals surface area contributed by atoms with Crippen LogP contribution in [0.15, 0.2) is 78.1 Å². The Morgan fingerprint density at radius 2 is 1.60 bits per heavy atom. The van der Waals surface area contributed by atoms with Gasteiger partial charge in [-0.1, -0.05) is 59.8 Å². The van der Waals surface area contributed by atoms with Crippen molar-refractivity contribution in [3.05, 3.63) is 84.1 Å². The summed E-state index contributed by atoms with van der Waals surface area (Å²) < 4.78 is 38.5. The number of oxime groups is 1. The van der Waals surface area contributed by atoms with Crippen LogP contribution in [0.25, 0.3) is 11.1 Å². The molecule has 2 N–H and O–H groups in total. The van der Waals surface area contributed by atoms with Crippen LogP contribution in [0, 0.1) is 0 Å². The van der Waals surface area contributed by atoms with Crippen LogP contribution in [-0.2, 0) is 11.4 Å². The number of alkyl halides is 3. The van der Waals surface area contributed by atoms with E-state index in [1.165, 1.54) is 0 Å². The summed E-state index contributed by atoms with van der Waals surface area (Å²) in [6.07, 6.45) is -3.94. The summed E-state index contributed by atoms with van der Waals surface area (Å²) in [7, 11) is 0. The Bertz CT molecular complexity index is 1040. The number of anilines is 1. The van der Waals surface area contributed by atoms with Gasteiger partial charge in [-0.3, -0.25) is 0 Å². The number of pyridine rings is 1. The summed E-state index contributed by atoms with van der Waals surface area (Å²) in [6, 6.07) is 20.5. The van der Waals surface area contributed by atoms with Gasteiger partial charge in [-0.2, -0.15) is 13.2 Å². The van der Waals surface area contributed by atoms with Crippen molar-refractivity contribution in [2.75, 3.05) is 5.32 Å². The van der Waals surface area contributed by atoms with Crippen LogP contribution in [-0.4, -0.2) is 27.8 Å². The number of aromatic nitrogens is 1. The van der Waals surface area contributed by atoms with Crippen LogP contribution in [0.2, 0.25) is 0 Å². The average Bonchev–Trinajstić information content (AvgIpc) is 3.17. The van der Waals surface area contributed by atoms with E-state index in [2.05, 4.69) is 20.3 Å². The highest BCUT2D eigenvalue weighted by atomic mass is 19.4. The van der Waals surface area contributed by atoms with Crippen LogP contribution in [0.1, 0.15) is 17.5 Å². The molecular formula is C22H18F3N3O2. The summed E-state index contributed by atoms with van der Waals surface area (Å²) >= 11 is 0. The topological polar surface area (TPSA) is 66.7 Å². The van der Waals surface area contributed by atoms with Crippen molar-refractivity contribution >= 4 is 11.5 Å². The molecule has 1 aliphatic heterocycles. The first-order valence-corrected chi connectivity index (χ1v) is 9.23. The van der Waals surface area contributed by atoms with E-state index >= 15 is 0 Å². The number of rotatable bonds is 5. The van der Waals surface area contributed by atoms with E-state index in [1.807, 2.05) is 42.5 Å². The molecule has 2 aromatic carbocycles. The Labute approximate surface area is 170 Å². The highest BCUT2D eigenvalue weighted by molar-refractivity contribution is 6.01. The lowest BCUT2D eigenvalue weighted by Crippen LogP contribution is -2.45. The number of hydrogen-bond acceptors (Lipinski definition) is 5. The van der Waals surface area contributed by atoms with Crippen LogP contribution >= 0.6 is 0 Å². The van der Waals surface area contributed by atoms with Crippen molar-refractivity contribution < 1.29 is 23.1 Å². The summed E-state index contributed by atoms with van der Waals surface area (Å²) in [6.45, 7) is 0.663. The molecular weight excluding hydrogens is 395 g/mol. The fourth-order valence-electron chi connectivity index (χ4n) is 3.04. The van der Waals surface area contributed by atoms with Gasteiger partial charge in [0.2, 0.25) is 0 Å². The third kappa shape index (κ3) is 4.13. The Morgan fingerprint density at radius 1 is 0.933 bits per heavy atom. The Morgan fingerprint density at radius 3 is 2.20 bits per heavy atom. The maximum atomic E-state index is 12.8. The molecule has 0 saturated heterocycles. The predicted molar refractivity (Wildman–Crippen MR) is 107 cm³/mol. The first kappa shape index (κ1) is 19.9. The zero-order chi connectivity index (χ0) is 21.2. The second-order valence-corrected chi connectivity index (χ2v) is 6.94. The zero-order valence-electron chi connectivity index (χ0n) is 15.7. The number of benzene rings is 2. The minimum Gasteiger partial charge on any atom is -0.366 e. The summed E-state index contributed by atoms with van der Waals surface area (Å²) in [5, 5.41) is 16.2. The van der Waals surface area contributed by atoms with E-state index in [0.717, 1.165) is 22.5 Å². The molecule has 0 radical (unpaired) electrons. The maximum absolute atomic E-state index is 12.8. The highest BCUT2D eigenvalue weighted by Crippen LogP contribution is 2.39. The fraction of sp³-hybridized carbons (Fsp3) is 0.182. The fourth-order valence-corrected chi connectivity index (χ4v) is 3.04. The molecule has 0 aliphatic carbocycles. The standard InChI is InChI=1S/C22H18F3N3O2/c23-22(24,25)21(29)12-19(28-30-21)17-8-6-16(7-9-17)18-10-11-20(27-14-18)26-13-15-4-2-1-3-5-15/h1-11,14,29H,12-13H2,(H,26,27). The molecule has 4 rings (SSSR count). The van der Waals surface area contributed by atoms with Gasteiger partial charge in [0.05, 0.1) is 12.1 Å². The third-order valence-corrected chi connectivity index (χ3v) is 4.79. The van der Waals surface area contributed by atoms with Gasteiger partial charge >= 0.3 is 12.0 Å². The normalized spacial score (nSPS) is 18.6. The van der Waals surface area contributed by atoms with E-state index in [9.17, 15) is 18.3 Å². The number of nitrogens with zero attached hydrogens (tertiary/aromatic N) is 2. The SMILES string of the molecule is OC1(C(F)(F)F)CC(c2ccc(-c3ccc(NCc4ccccc4)nc3)cc2)=NO1. The first-order chi connectivity index (χ1) is 14.3. The monoisotopic (exact) mass is 413 g/mol. The Balaban J connectivity index is 1.41. The molecule has 1 unspecified atom stereocenters. The lowest BCUT2D eigenvalue weighted by atomic mass is 9.99. The smallest absolute Gasteiger partial charge is 0.366 e. The average molecular weight is 413 g/mol. The Hall–Kier alpha value is -3.39. The van der Waals surface area contributed by atoms with E-state index in [0.29, 0.717) is 12.1 Å². The second-order valence-electron chi connectivity index (χ2n) is 6.94. The molecule has 1 aliphatic rings. The third-order valence-electron chi connectivity index (χ3n) is 4.79. The first-order valence-electron chi connectivity index (χ1n) is 9.23. The summed E-state index contributed by atoms with van der Waals surface area (Å²) in [5.41, 5.74) is 3.36. The van der Waals surface area contributed by atoms with Gasteiger partial charge in [0.25, 0.3) is 0 Å². The van der Waals surface area contributed by atoms with Gasteiger partial charge in [0, 0.05) is 18.3 Å². The molecule has 8 heteroatoms. The molecule has 1 atom stereocenters. The van der Waals surface area contributed by atoms with Crippen molar-refractivity contribution in [3.8, 4) is 11.1 Å². The maximum Gasteiger partial charge on any atom is 0.458 e. The van der Waals surface area contributed by atoms with Gasteiger partial charge in [-0.25, -0.2) is 4.98 Å². The van der Waals surface area contributed by atoms with Crippen LogP contribution < -0.4 is 5.32 Å². The molecule has 0 saturated carbocycles. The molecule has 1 aromatic heterocycles. The largest absolute Gasteiger partial charge is 0.458 e. The van der Waals surface area contributed by atoms with Crippen molar-refractivity contribution in [2.24, 2.45) is 5.16 Å². The second kappa shape index (κ2) is 7.79. The molecule has 3 aromatic rings. The number of nitrogens with one attached hydrogen (secondary N) is 1. The van der Waals surface area contributed by atoms with Gasteiger partial charge in [-0.15, -0.1) is 0 Å². The van der Waals surface area contributed by atoms with Crippen molar-refractivity contribution in [1.29, 1.82) is 0 Å². The number of hydrogen-bond donors (Lipinski definition) is 2. The van der Waals surface area contributed by atoms with Crippen molar-refractivity contribution in [3.63, 3.8) is 0 Å². The quantitative estimate of drug-likeness (QED) is 0.634. The molecule has 0 bridgehead atoms. The molecule has 154 valence electrons. The van der Waals surface area contributed by atoms with E-state index in [-0.39, 0.29) is 5.71 Å². The van der Waals surface area contributed by atoms with Crippen LogP contribution in [0.4, 0.5) is 19.0 Å². The van der Waals surface area contributed by atoms with Crippen LogP contribution in [0.5, 0.6) is 0 Å². The zero-order valence-corrected chi connectivity index (χ0v) is 15.7. The van der Waals surface area contributed by atoms with Gasteiger partial charge in [-0.05, 0) is 28.8 Å². The minimum atomic E-state index is -4.92. The molecule has 5 nitrogen and oxygen atoms in total. The van der Waals surface area contributed by atoms with Crippen molar-refractivity contribution in [1.82, 2.24) is 4.98 Å². The predicted octanol–water partition coefficient (Wildman–Crippen LogP) is 4.74. The molecule has 0 amide bonds. The van der Waals surface area contributed by atoms with Gasteiger partial charge < -0.3 is 15.3 Å². The summed E-state index contributed by atoms with van der Waals surface area (Å²) in [4.78, 5) is 8.66. The molecule has 0 spiro atoms. The van der Waals surface area contributed by atoms with E-state index < -0.39 is 18.4 Å². The van der Waals surface area contributed by atoms with E-state index in [1.54, 1.807) is 30.5 Å². The molecule has 30 heavy (non-hydrogen) atoms. The van der Waals surface area contributed by atoms with Crippen LogP contribution in [0.3, 0.4) is 0 Å². The lowest BCUT2D eigenvalue weighted by Gasteiger charge is -2.22. The number of halogens is 3. The summed E-state index contributed by atoms with van der Waals surface area (Å²) in [5.74, 6) is -2.53. The van der Waals surface area contributed by atoms with Crippen molar-refractivity contribution in [2.45, 2.75) is 24.9 Å². The molecule has 0 fully saturated rings. The molecule has 2 heterocycles.